The number of hydrogen-bond donors (Lipinski definition) is 1. The van der Waals surface area contributed by atoms with Crippen molar-refractivity contribution < 1.29 is 23.2 Å². The highest BCUT2D eigenvalue weighted by molar-refractivity contribution is 6.10. The zero-order valence-corrected chi connectivity index (χ0v) is 14.7. The fourth-order valence-electron chi connectivity index (χ4n) is 2.94. The molecular formula is C19H17F2N3O3. The Morgan fingerprint density at radius 2 is 1.81 bits per heavy atom. The minimum Gasteiger partial charge on any atom is -0.319 e. The molecule has 1 fully saturated rings. The highest BCUT2D eigenvalue weighted by Gasteiger charge is 2.51. The summed E-state index contributed by atoms with van der Waals surface area (Å²) in [5.41, 5.74) is -1.50. The van der Waals surface area contributed by atoms with E-state index in [2.05, 4.69) is 5.32 Å². The summed E-state index contributed by atoms with van der Waals surface area (Å²) in [6.07, 6.45) is 0. The lowest BCUT2D eigenvalue weighted by Crippen LogP contribution is -2.44. The summed E-state index contributed by atoms with van der Waals surface area (Å²) in [6.45, 7) is 0.749. The molecule has 1 aliphatic heterocycles. The SMILES string of the molecule is CN(C(=O)CN1C(=O)NC(C)(c2cc(F)ccc2F)C1=O)c1ccccc1. The normalized spacial score (nSPS) is 19.2. The molecule has 140 valence electrons. The van der Waals surface area contributed by atoms with Gasteiger partial charge in [-0.25, -0.2) is 13.6 Å². The maximum atomic E-state index is 14.1. The molecular weight excluding hydrogens is 356 g/mol. The number of anilines is 1. The average Bonchev–Trinajstić information content (AvgIpc) is 2.87. The number of halogens is 2. The highest BCUT2D eigenvalue weighted by Crippen LogP contribution is 2.31. The number of likely N-dealkylation sites (N-methyl/N-ethyl adjacent to an activating group) is 1. The molecule has 2 aromatic rings. The van der Waals surface area contributed by atoms with Crippen molar-refractivity contribution in [2.45, 2.75) is 12.5 Å². The van der Waals surface area contributed by atoms with Gasteiger partial charge >= 0.3 is 6.03 Å². The minimum atomic E-state index is -1.80. The van der Waals surface area contributed by atoms with Crippen molar-refractivity contribution in [3.63, 3.8) is 0 Å². The molecule has 1 saturated heterocycles. The molecule has 0 aromatic heterocycles. The van der Waals surface area contributed by atoms with E-state index >= 15 is 0 Å². The Morgan fingerprint density at radius 1 is 1.15 bits per heavy atom. The van der Waals surface area contributed by atoms with E-state index in [0.29, 0.717) is 10.6 Å². The number of imide groups is 1. The predicted molar refractivity (Wildman–Crippen MR) is 93.8 cm³/mol. The average molecular weight is 373 g/mol. The predicted octanol–water partition coefficient (Wildman–Crippen LogP) is 2.39. The Labute approximate surface area is 154 Å². The number of rotatable bonds is 4. The van der Waals surface area contributed by atoms with Crippen LogP contribution in [-0.2, 0) is 15.1 Å². The van der Waals surface area contributed by atoms with Crippen molar-refractivity contribution in [2.75, 3.05) is 18.5 Å². The molecule has 1 N–H and O–H groups in total. The molecule has 0 saturated carbocycles. The van der Waals surface area contributed by atoms with Gasteiger partial charge in [0.15, 0.2) is 0 Å². The molecule has 0 spiro atoms. The molecule has 2 aromatic carbocycles. The molecule has 1 aliphatic rings. The summed E-state index contributed by atoms with van der Waals surface area (Å²) in [5, 5.41) is 2.36. The Hall–Kier alpha value is -3.29. The fourth-order valence-corrected chi connectivity index (χ4v) is 2.94. The monoisotopic (exact) mass is 373 g/mol. The van der Waals surface area contributed by atoms with Gasteiger partial charge in [-0.05, 0) is 37.3 Å². The summed E-state index contributed by atoms with van der Waals surface area (Å²) in [6, 6.07) is 10.5. The zero-order chi connectivity index (χ0) is 19.8. The summed E-state index contributed by atoms with van der Waals surface area (Å²) in [4.78, 5) is 39.5. The van der Waals surface area contributed by atoms with Crippen LogP contribution < -0.4 is 10.2 Å². The molecule has 27 heavy (non-hydrogen) atoms. The number of carbonyl (C=O) groups is 3. The quantitative estimate of drug-likeness (QED) is 0.837. The molecule has 4 amide bonds. The number of hydrogen-bond acceptors (Lipinski definition) is 3. The Balaban J connectivity index is 1.84. The van der Waals surface area contributed by atoms with Crippen LogP contribution in [0.1, 0.15) is 12.5 Å². The second-order valence-corrected chi connectivity index (χ2v) is 6.36. The maximum Gasteiger partial charge on any atom is 0.325 e. The van der Waals surface area contributed by atoms with Gasteiger partial charge in [0.05, 0.1) is 0 Å². The van der Waals surface area contributed by atoms with Gasteiger partial charge < -0.3 is 10.2 Å². The van der Waals surface area contributed by atoms with Crippen LogP contribution in [-0.4, -0.2) is 36.3 Å². The van der Waals surface area contributed by atoms with E-state index in [4.69, 9.17) is 0 Å². The number of urea groups is 1. The van der Waals surface area contributed by atoms with E-state index in [-0.39, 0.29) is 5.56 Å². The standard InChI is InChI=1S/C19H17F2N3O3/c1-19(14-10-12(20)8-9-15(14)21)17(26)24(18(27)22-19)11-16(25)23(2)13-6-4-3-5-7-13/h3-10H,11H2,1-2H3,(H,22,27). The molecule has 8 heteroatoms. The van der Waals surface area contributed by atoms with Crippen molar-refractivity contribution in [3.8, 4) is 0 Å². The van der Waals surface area contributed by atoms with E-state index in [1.165, 1.54) is 18.9 Å². The van der Waals surface area contributed by atoms with Crippen molar-refractivity contribution >= 4 is 23.5 Å². The minimum absolute atomic E-state index is 0.299. The second-order valence-electron chi connectivity index (χ2n) is 6.36. The largest absolute Gasteiger partial charge is 0.325 e. The van der Waals surface area contributed by atoms with Crippen LogP contribution in [0.25, 0.3) is 0 Å². The van der Waals surface area contributed by atoms with Crippen molar-refractivity contribution in [2.24, 2.45) is 0 Å². The molecule has 1 unspecified atom stereocenters. The first-order chi connectivity index (χ1) is 12.7. The smallest absolute Gasteiger partial charge is 0.319 e. The number of para-hydroxylation sites is 1. The lowest BCUT2D eigenvalue weighted by molar-refractivity contribution is -0.134. The van der Waals surface area contributed by atoms with Crippen molar-refractivity contribution in [1.29, 1.82) is 0 Å². The van der Waals surface area contributed by atoms with Crippen LogP contribution >= 0.6 is 0 Å². The molecule has 1 atom stereocenters. The zero-order valence-electron chi connectivity index (χ0n) is 14.7. The van der Waals surface area contributed by atoms with E-state index < -0.39 is 41.6 Å². The molecule has 0 aliphatic carbocycles. The molecule has 1 heterocycles. The van der Waals surface area contributed by atoms with Crippen LogP contribution in [0.15, 0.2) is 48.5 Å². The van der Waals surface area contributed by atoms with E-state index in [0.717, 1.165) is 18.2 Å². The number of amides is 4. The third kappa shape index (κ3) is 3.25. The number of nitrogens with one attached hydrogen (secondary N) is 1. The van der Waals surface area contributed by atoms with E-state index in [1.807, 2.05) is 0 Å². The molecule has 0 bridgehead atoms. The van der Waals surface area contributed by atoms with Gasteiger partial charge in [-0.3, -0.25) is 14.5 Å². The summed E-state index contributed by atoms with van der Waals surface area (Å²) < 4.78 is 27.7. The summed E-state index contributed by atoms with van der Waals surface area (Å²) in [5.74, 6) is -2.91. The Morgan fingerprint density at radius 3 is 2.48 bits per heavy atom. The van der Waals surface area contributed by atoms with Gasteiger partial charge in [0.1, 0.15) is 23.7 Å². The van der Waals surface area contributed by atoms with Gasteiger partial charge in [0.2, 0.25) is 5.91 Å². The van der Waals surface area contributed by atoms with Gasteiger partial charge in [-0.1, -0.05) is 18.2 Å². The van der Waals surface area contributed by atoms with Gasteiger partial charge in [0.25, 0.3) is 5.91 Å². The molecule has 3 rings (SSSR count). The van der Waals surface area contributed by atoms with Gasteiger partial charge in [-0.2, -0.15) is 0 Å². The first kappa shape index (κ1) is 18.5. The second kappa shape index (κ2) is 6.79. The van der Waals surface area contributed by atoms with Crippen LogP contribution in [0, 0.1) is 11.6 Å². The third-order valence-electron chi connectivity index (χ3n) is 4.55. The van der Waals surface area contributed by atoms with Crippen LogP contribution in [0.5, 0.6) is 0 Å². The maximum absolute atomic E-state index is 14.1. The van der Waals surface area contributed by atoms with Crippen molar-refractivity contribution in [3.05, 3.63) is 65.7 Å². The molecule has 6 nitrogen and oxygen atoms in total. The Kier molecular flexibility index (Phi) is 4.65. The fraction of sp³-hybridized carbons (Fsp3) is 0.211. The van der Waals surface area contributed by atoms with Crippen LogP contribution in [0.2, 0.25) is 0 Å². The summed E-state index contributed by atoms with van der Waals surface area (Å²) in [7, 11) is 1.52. The third-order valence-corrected chi connectivity index (χ3v) is 4.55. The van der Waals surface area contributed by atoms with Gasteiger partial charge in [-0.15, -0.1) is 0 Å². The van der Waals surface area contributed by atoms with Crippen LogP contribution in [0.3, 0.4) is 0 Å². The van der Waals surface area contributed by atoms with Crippen LogP contribution in [0.4, 0.5) is 19.3 Å². The lowest BCUT2D eigenvalue weighted by atomic mass is 9.91. The summed E-state index contributed by atoms with van der Waals surface area (Å²) >= 11 is 0. The molecule has 0 radical (unpaired) electrons. The van der Waals surface area contributed by atoms with E-state index in [9.17, 15) is 23.2 Å². The first-order valence-electron chi connectivity index (χ1n) is 8.15. The topological polar surface area (TPSA) is 69.7 Å². The first-order valence-corrected chi connectivity index (χ1v) is 8.15. The number of benzene rings is 2. The lowest BCUT2D eigenvalue weighted by Gasteiger charge is -2.23. The number of carbonyl (C=O) groups excluding carboxylic acids is 3. The highest BCUT2D eigenvalue weighted by atomic mass is 19.1. The van der Waals surface area contributed by atoms with Crippen molar-refractivity contribution in [1.82, 2.24) is 10.2 Å². The number of nitrogens with zero attached hydrogens (tertiary/aromatic N) is 2. The Bertz CT molecular complexity index is 920. The van der Waals surface area contributed by atoms with E-state index in [1.54, 1.807) is 30.3 Å². The van der Waals surface area contributed by atoms with Gasteiger partial charge in [0, 0.05) is 18.3 Å².